The Balaban J connectivity index is 3.03. The zero-order valence-electron chi connectivity index (χ0n) is 10.0. The van der Waals surface area contributed by atoms with Crippen molar-refractivity contribution in [1.82, 2.24) is 0 Å². The van der Waals surface area contributed by atoms with Crippen LogP contribution >= 0.6 is 0 Å². The van der Waals surface area contributed by atoms with E-state index >= 15 is 0 Å². The van der Waals surface area contributed by atoms with Gasteiger partial charge in [-0.2, -0.15) is 0 Å². The first-order valence-electron chi connectivity index (χ1n) is 5.20. The maximum absolute atomic E-state index is 13.5. The molecule has 0 aliphatic rings. The summed E-state index contributed by atoms with van der Waals surface area (Å²) in [7, 11) is 1.41. The van der Waals surface area contributed by atoms with Gasteiger partial charge in [0.15, 0.2) is 5.54 Å². The van der Waals surface area contributed by atoms with E-state index in [1.54, 1.807) is 19.1 Å². The van der Waals surface area contributed by atoms with Crippen LogP contribution in [0.2, 0.25) is 0 Å². The van der Waals surface area contributed by atoms with Crippen LogP contribution in [0.25, 0.3) is 0 Å². The maximum Gasteiger partial charge on any atom is 0.331 e. The number of carboxylic acid groups (broad SMARTS) is 1. The first-order chi connectivity index (χ1) is 7.91. The van der Waals surface area contributed by atoms with Crippen LogP contribution in [0.4, 0.5) is 10.1 Å². The third kappa shape index (κ3) is 2.74. The van der Waals surface area contributed by atoms with Gasteiger partial charge in [0.05, 0.1) is 11.8 Å². The molecule has 2 N–H and O–H groups in total. The lowest BCUT2D eigenvalue weighted by Gasteiger charge is -2.32. The summed E-state index contributed by atoms with van der Waals surface area (Å²) in [6, 6.07) is 5.92. The number of ether oxygens (including phenoxy) is 1. The summed E-state index contributed by atoms with van der Waals surface area (Å²) < 4.78 is 18.5. The molecular formula is C12H16FNO3. The van der Waals surface area contributed by atoms with Gasteiger partial charge in [-0.3, -0.25) is 0 Å². The van der Waals surface area contributed by atoms with Crippen LogP contribution in [0.15, 0.2) is 24.3 Å². The largest absolute Gasteiger partial charge is 0.479 e. The van der Waals surface area contributed by atoms with Crippen LogP contribution in [-0.2, 0) is 9.53 Å². The van der Waals surface area contributed by atoms with Gasteiger partial charge in [-0.1, -0.05) is 12.1 Å². The SMILES string of the molecule is COC(C)C(C)(Nc1ccccc1F)C(=O)O. The van der Waals surface area contributed by atoms with E-state index in [1.165, 1.54) is 26.2 Å². The van der Waals surface area contributed by atoms with Gasteiger partial charge in [-0.05, 0) is 26.0 Å². The Labute approximate surface area is 99.4 Å². The number of carboxylic acids is 1. The van der Waals surface area contributed by atoms with Crippen molar-refractivity contribution in [2.45, 2.75) is 25.5 Å². The molecule has 5 heteroatoms. The highest BCUT2D eigenvalue weighted by Gasteiger charge is 2.40. The molecule has 0 bridgehead atoms. The van der Waals surface area contributed by atoms with E-state index in [4.69, 9.17) is 4.74 Å². The molecule has 1 aromatic carbocycles. The molecule has 0 spiro atoms. The van der Waals surface area contributed by atoms with Gasteiger partial charge < -0.3 is 15.2 Å². The van der Waals surface area contributed by atoms with E-state index in [1.807, 2.05) is 0 Å². The average molecular weight is 241 g/mol. The van der Waals surface area contributed by atoms with Gasteiger partial charge in [0.25, 0.3) is 0 Å². The number of rotatable bonds is 5. The van der Waals surface area contributed by atoms with Crippen LogP contribution < -0.4 is 5.32 Å². The van der Waals surface area contributed by atoms with E-state index in [2.05, 4.69) is 5.32 Å². The first kappa shape index (κ1) is 13.4. The highest BCUT2D eigenvalue weighted by molar-refractivity contribution is 5.83. The molecule has 0 aromatic heterocycles. The number of aliphatic carboxylic acids is 1. The molecule has 0 fully saturated rings. The van der Waals surface area contributed by atoms with Crippen LogP contribution in [0.3, 0.4) is 0 Å². The minimum absolute atomic E-state index is 0.140. The van der Waals surface area contributed by atoms with Crippen molar-refractivity contribution in [3.63, 3.8) is 0 Å². The summed E-state index contributed by atoms with van der Waals surface area (Å²) in [5.41, 5.74) is -1.25. The van der Waals surface area contributed by atoms with Gasteiger partial charge in [-0.15, -0.1) is 0 Å². The second-order valence-corrected chi connectivity index (χ2v) is 3.99. The summed E-state index contributed by atoms with van der Waals surface area (Å²) in [5, 5.41) is 11.9. The molecule has 0 saturated carbocycles. The van der Waals surface area contributed by atoms with Crippen molar-refractivity contribution in [2.75, 3.05) is 12.4 Å². The van der Waals surface area contributed by atoms with Crippen LogP contribution in [0, 0.1) is 5.82 Å². The van der Waals surface area contributed by atoms with E-state index in [0.717, 1.165) is 0 Å². The van der Waals surface area contributed by atoms with Gasteiger partial charge in [0.2, 0.25) is 0 Å². The number of benzene rings is 1. The number of hydrogen-bond acceptors (Lipinski definition) is 3. The Morgan fingerprint density at radius 3 is 2.59 bits per heavy atom. The second kappa shape index (κ2) is 5.14. The zero-order chi connectivity index (χ0) is 13.1. The number of nitrogens with one attached hydrogen (secondary N) is 1. The third-order valence-electron chi connectivity index (χ3n) is 2.88. The smallest absolute Gasteiger partial charge is 0.331 e. The fourth-order valence-corrected chi connectivity index (χ4v) is 1.41. The standard InChI is InChI=1S/C12H16FNO3/c1-8(17-3)12(2,11(15)16)14-10-7-5-4-6-9(10)13/h4-8,14H,1-3H3,(H,15,16). The topological polar surface area (TPSA) is 58.6 Å². The Hall–Kier alpha value is -1.62. The Morgan fingerprint density at radius 1 is 1.53 bits per heavy atom. The van der Waals surface area contributed by atoms with Gasteiger partial charge in [0, 0.05) is 7.11 Å². The van der Waals surface area contributed by atoms with Crippen molar-refractivity contribution < 1.29 is 19.0 Å². The Bertz CT molecular complexity index is 410. The van der Waals surface area contributed by atoms with E-state index in [9.17, 15) is 14.3 Å². The first-order valence-corrected chi connectivity index (χ1v) is 5.20. The summed E-state index contributed by atoms with van der Waals surface area (Å²) in [6.45, 7) is 3.07. The molecule has 94 valence electrons. The summed E-state index contributed by atoms with van der Waals surface area (Å²) in [4.78, 5) is 11.3. The van der Waals surface area contributed by atoms with E-state index < -0.39 is 23.4 Å². The molecule has 0 aliphatic carbocycles. The van der Waals surface area contributed by atoms with Crippen LogP contribution in [0.1, 0.15) is 13.8 Å². The van der Waals surface area contributed by atoms with Crippen molar-refractivity contribution in [1.29, 1.82) is 0 Å². The Kier molecular flexibility index (Phi) is 4.07. The fourth-order valence-electron chi connectivity index (χ4n) is 1.41. The molecule has 1 aromatic rings. The highest BCUT2D eigenvalue weighted by Crippen LogP contribution is 2.23. The van der Waals surface area contributed by atoms with Crippen molar-refractivity contribution in [3.8, 4) is 0 Å². The van der Waals surface area contributed by atoms with E-state index in [0.29, 0.717) is 0 Å². The number of carbonyl (C=O) groups is 1. The molecule has 0 amide bonds. The number of anilines is 1. The fraction of sp³-hybridized carbons (Fsp3) is 0.417. The number of methoxy groups -OCH3 is 1. The van der Waals surface area contributed by atoms with Crippen molar-refractivity contribution in [3.05, 3.63) is 30.1 Å². The Morgan fingerprint density at radius 2 is 2.12 bits per heavy atom. The minimum atomic E-state index is -1.39. The van der Waals surface area contributed by atoms with E-state index in [-0.39, 0.29) is 5.69 Å². The van der Waals surface area contributed by atoms with Gasteiger partial charge in [0.1, 0.15) is 5.82 Å². The normalized spacial score (nSPS) is 16.0. The summed E-state index contributed by atoms with van der Waals surface area (Å²) in [5.74, 6) is -1.60. The molecule has 2 unspecified atom stereocenters. The molecule has 17 heavy (non-hydrogen) atoms. The number of para-hydroxylation sites is 1. The summed E-state index contributed by atoms with van der Waals surface area (Å²) >= 11 is 0. The second-order valence-electron chi connectivity index (χ2n) is 3.99. The third-order valence-corrected chi connectivity index (χ3v) is 2.88. The van der Waals surface area contributed by atoms with Gasteiger partial charge in [-0.25, -0.2) is 9.18 Å². The molecule has 0 radical (unpaired) electrons. The lowest BCUT2D eigenvalue weighted by molar-refractivity contribution is -0.146. The van der Waals surface area contributed by atoms with Gasteiger partial charge >= 0.3 is 5.97 Å². The van der Waals surface area contributed by atoms with Crippen molar-refractivity contribution in [2.24, 2.45) is 0 Å². The molecule has 4 nitrogen and oxygen atoms in total. The monoisotopic (exact) mass is 241 g/mol. The number of hydrogen-bond donors (Lipinski definition) is 2. The molecular weight excluding hydrogens is 225 g/mol. The zero-order valence-corrected chi connectivity index (χ0v) is 10.0. The predicted molar refractivity (Wildman–Crippen MR) is 62.5 cm³/mol. The number of halogens is 1. The lowest BCUT2D eigenvalue weighted by Crippen LogP contribution is -2.53. The summed E-state index contributed by atoms with van der Waals surface area (Å²) in [6.07, 6.45) is -0.611. The van der Waals surface area contributed by atoms with Crippen molar-refractivity contribution >= 4 is 11.7 Å². The molecule has 2 atom stereocenters. The molecule has 0 aliphatic heterocycles. The lowest BCUT2D eigenvalue weighted by atomic mass is 9.95. The molecule has 1 rings (SSSR count). The predicted octanol–water partition coefficient (Wildman–Crippen LogP) is 2.12. The molecule has 0 saturated heterocycles. The highest BCUT2D eigenvalue weighted by atomic mass is 19.1. The average Bonchev–Trinajstić information content (AvgIpc) is 2.30. The quantitative estimate of drug-likeness (QED) is 0.829. The molecule has 0 heterocycles. The van der Waals surface area contributed by atoms with Crippen LogP contribution in [-0.4, -0.2) is 29.8 Å². The minimum Gasteiger partial charge on any atom is -0.479 e. The van der Waals surface area contributed by atoms with Crippen LogP contribution in [0.5, 0.6) is 0 Å². The maximum atomic E-state index is 13.5.